The third-order valence-corrected chi connectivity index (χ3v) is 5.98. The van der Waals surface area contributed by atoms with Gasteiger partial charge in [-0.15, -0.1) is 0 Å². The maximum atomic E-state index is 14.4. The molecule has 1 atom stereocenters. The average molecular weight is 503 g/mol. The number of benzene rings is 2. The molecule has 9 heteroatoms. The monoisotopic (exact) mass is 502 g/mol. The number of aromatic nitrogens is 2. The van der Waals surface area contributed by atoms with Gasteiger partial charge in [0.15, 0.2) is 6.10 Å². The minimum Gasteiger partial charge on any atom is -0.493 e. The number of rotatable bonds is 5. The van der Waals surface area contributed by atoms with Gasteiger partial charge >= 0.3 is 12.1 Å². The van der Waals surface area contributed by atoms with Crippen LogP contribution in [0.3, 0.4) is 0 Å². The Morgan fingerprint density at radius 3 is 2.47 bits per heavy atom. The topological polar surface area (TPSA) is 73.6 Å². The molecule has 192 valence electrons. The zero-order chi connectivity index (χ0) is 26.4. The molecule has 0 fully saturated rings. The van der Waals surface area contributed by atoms with Crippen LogP contribution in [-0.4, -0.2) is 33.1 Å². The van der Waals surface area contributed by atoms with E-state index in [1.165, 1.54) is 6.07 Å². The van der Waals surface area contributed by atoms with Crippen molar-refractivity contribution in [2.45, 2.75) is 58.4 Å². The van der Waals surface area contributed by atoms with Crippen molar-refractivity contribution in [3.63, 3.8) is 0 Å². The maximum absolute atomic E-state index is 14.4. The Balaban J connectivity index is 2.12. The number of aryl methyl sites for hydroxylation is 3. The maximum Gasteiger partial charge on any atom is 0.416 e. The molecular formula is C27H29F3N2O4. The predicted octanol–water partition coefficient (Wildman–Crippen LogP) is 6.35. The smallest absolute Gasteiger partial charge is 0.416 e. The first-order valence-corrected chi connectivity index (χ1v) is 11.7. The van der Waals surface area contributed by atoms with Crippen molar-refractivity contribution in [3.05, 3.63) is 58.8 Å². The Bertz CT molecular complexity index is 1310. The van der Waals surface area contributed by atoms with Crippen LogP contribution in [0.15, 0.2) is 36.4 Å². The van der Waals surface area contributed by atoms with Crippen LogP contribution in [0.4, 0.5) is 13.2 Å². The van der Waals surface area contributed by atoms with Gasteiger partial charge in [0, 0.05) is 18.2 Å². The number of carboxylic acids is 1. The fraction of sp³-hybridized carbons (Fsp3) is 0.407. The molecule has 0 amide bonds. The lowest BCUT2D eigenvalue weighted by atomic mass is 9.85. The molecule has 1 aromatic heterocycles. The van der Waals surface area contributed by atoms with Gasteiger partial charge in [-0.2, -0.15) is 18.3 Å². The Labute approximate surface area is 207 Å². The first kappa shape index (κ1) is 25.8. The van der Waals surface area contributed by atoms with Crippen molar-refractivity contribution in [3.8, 4) is 28.1 Å². The van der Waals surface area contributed by atoms with Crippen molar-refractivity contribution in [1.82, 2.24) is 9.78 Å². The largest absolute Gasteiger partial charge is 0.493 e. The number of halogens is 3. The van der Waals surface area contributed by atoms with E-state index in [1.54, 1.807) is 63.7 Å². The number of ether oxygens (including phenoxy) is 2. The zero-order valence-corrected chi connectivity index (χ0v) is 20.9. The van der Waals surface area contributed by atoms with E-state index < -0.39 is 35.0 Å². The van der Waals surface area contributed by atoms with Gasteiger partial charge in [0.2, 0.25) is 0 Å². The van der Waals surface area contributed by atoms with Gasteiger partial charge in [0.25, 0.3) is 0 Å². The highest BCUT2D eigenvalue weighted by atomic mass is 19.4. The quantitative estimate of drug-likeness (QED) is 0.440. The molecule has 0 saturated carbocycles. The fourth-order valence-electron chi connectivity index (χ4n) is 4.63. The number of nitrogens with zero attached hydrogens (tertiary/aromatic N) is 2. The number of alkyl halides is 3. The second-order valence-corrected chi connectivity index (χ2v) is 9.96. The molecule has 1 N–H and O–H groups in total. The third kappa shape index (κ3) is 5.11. The van der Waals surface area contributed by atoms with E-state index in [0.717, 1.165) is 18.1 Å². The van der Waals surface area contributed by atoms with Crippen LogP contribution in [0.25, 0.3) is 22.4 Å². The molecule has 0 aliphatic carbocycles. The summed E-state index contributed by atoms with van der Waals surface area (Å²) in [5.41, 5.74) is 0.635. The summed E-state index contributed by atoms with van der Waals surface area (Å²) >= 11 is 0. The minimum atomic E-state index is -4.81. The van der Waals surface area contributed by atoms with Crippen molar-refractivity contribution >= 4 is 5.97 Å². The van der Waals surface area contributed by atoms with Gasteiger partial charge < -0.3 is 14.6 Å². The highest BCUT2D eigenvalue weighted by Crippen LogP contribution is 2.47. The standard InChI is InChI=1S/C27H29F3N2O4/c1-15-13-20(32(5)31-15)18-9-10-19(27(28,29)30)23(24(25(33)34)36-26(2,3)4)22(18)17-8-11-21-16(14-17)7-6-12-35-21/h8-11,13-14,24H,6-7,12H2,1-5H3,(H,33,34). The molecule has 2 aromatic carbocycles. The number of carbonyl (C=O) groups is 1. The summed E-state index contributed by atoms with van der Waals surface area (Å²) in [6.45, 7) is 7.19. The third-order valence-electron chi connectivity index (χ3n) is 5.98. The summed E-state index contributed by atoms with van der Waals surface area (Å²) in [6.07, 6.45) is -5.18. The summed E-state index contributed by atoms with van der Waals surface area (Å²) < 4.78 is 56.3. The number of fused-ring (bicyclic) bond motifs is 1. The lowest BCUT2D eigenvalue weighted by Gasteiger charge is -2.30. The lowest BCUT2D eigenvalue weighted by Crippen LogP contribution is -2.29. The SMILES string of the molecule is Cc1cc(-c2ccc(C(F)(F)F)c(C(OC(C)(C)C)C(=O)O)c2-c2ccc3c(c2)CCCO3)n(C)n1. The second kappa shape index (κ2) is 9.28. The number of hydrogen-bond acceptors (Lipinski definition) is 4. The first-order valence-electron chi connectivity index (χ1n) is 11.7. The molecule has 6 nitrogen and oxygen atoms in total. The predicted molar refractivity (Wildman–Crippen MR) is 129 cm³/mol. The highest BCUT2D eigenvalue weighted by Gasteiger charge is 2.41. The van der Waals surface area contributed by atoms with E-state index >= 15 is 0 Å². The number of carboxylic acid groups (broad SMARTS) is 1. The summed E-state index contributed by atoms with van der Waals surface area (Å²) in [6, 6.07) is 9.26. The van der Waals surface area contributed by atoms with Crippen molar-refractivity contribution in [1.29, 1.82) is 0 Å². The van der Waals surface area contributed by atoms with Crippen LogP contribution in [0.2, 0.25) is 0 Å². The highest BCUT2D eigenvalue weighted by molar-refractivity contribution is 5.90. The van der Waals surface area contributed by atoms with E-state index in [9.17, 15) is 23.1 Å². The van der Waals surface area contributed by atoms with Gasteiger partial charge in [-0.1, -0.05) is 12.1 Å². The van der Waals surface area contributed by atoms with E-state index in [2.05, 4.69) is 5.10 Å². The normalized spacial score (nSPS) is 14.8. The van der Waals surface area contributed by atoms with Gasteiger partial charge in [-0.3, -0.25) is 4.68 Å². The van der Waals surface area contributed by atoms with Crippen LogP contribution in [-0.2, 0) is 29.2 Å². The van der Waals surface area contributed by atoms with Gasteiger partial charge in [-0.05, 0) is 81.5 Å². The molecular weight excluding hydrogens is 473 g/mol. The second-order valence-electron chi connectivity index (χ2n) is 9.96. The molecule has 0 spiro atoms. The lowest BCUT2D eigenvalue weighted by molar-refractivity contribution is -0.163. The van der Waals surface area contributed by atoms with Gasteiger partial charge in [0.05, 0.1) is 29.2 Å². The van der Waals surface area contributed by atoms with Crippen molar-refractivity contribution in [2.24, 2.45) is 7.05 Å². The summed E-state index contributed by atoms with van der Waals surface area (Å²) in [5, 5.41) is 14.5. The molecule has 2 heterocycles. The van der Waals surface area contributed by atoms with Crippen LogP contribution in [0, 0.1) is 6.92 Å². The summed E-state index contributed by atoms with van der Waals surface area (Å²) in [4.78, 5) is 12.5. The molecule has 1 aliphatic rings. The van der Waals surface area contributed by atoms with Crippen molar-refractivity contribution in [2.75, 3.05) is 6.61 Å². The van der Waals surface area contributed by atoms with E-state index in [-0.39, 0.29) is 5.56 Å². The first-order chi connectivity index (χ1) is 16.8. The van der Waals surface area contributed by atoms with Crippen molar-refractivity contribution < 1.29 is 32.5 Å². The summed E-state index contributed by atoms with van der Waals surface area (Å²) in [5.74, 6) is -0.825. The van der Waals surface area contributed by atoms with Crippen LogP contribution < -0.4 is 4.74 Å². The van der Waals surface area contributed by atoms with Crippen LogP contribution in [0.1, 0.15) is 55.7 Å². The molecule has 4 rings (SSSR count). The molecule has 3 aromatic rings. The Morgan fingerprint density at radius 2 is 1.89 bits per heavy atom. The Hall–Kier alpha value is -3.33. The molecule has 0 radical (unpaired) electrons. The van der Waals surface area contributed by atoms with Gasteiger partial charge in [-0.25, -0.2) is 4.79 Å². The molecule has 0 saturated heterocycles. The van der Waals surface area contributed by atoms with Crippen LogP contribution >= 0.6 is 0 Å². The Morgan fingerprint density at radius 1 is 1.17 bits per heavy atom. The fourth-order valence-corrected chi connectivity index (χ4v) is 4.63. The number of aliphatic carboxylic acids is 1. The number of hydrogen-bond donors (Lipinski definition) is 1. The molecule has 0 bridgehead atoms. The molecule has 36 heavy (non-hydrogen) atoms. The molecule has 1 unspecified atom stereocenters. The minimum absolute atomic E-state index is 0.151. The van der Waals surface area contributed by atoms with Gasteiger partial charge in [0.1, 0.15) is 5.75 Å². The summed E-state index contributed by atoms with van der Waals surface area (Å²) in [7, 11) is 1.70. The van der Waals surface area contributed by atoms with Crippen LogP contribution in [0.5, 0.6) is 5.75 Å². The van der Waals surface area contributed by atoms with E-state index in [0.29, 0.717) is 41.3 Å². The zero-order valence-electron chi connectivity index (χ0n) is 20.9. The van der Waals surface area contributed by atoms with E-state index in [4.69, 9.17) is 9.47 Å². The average Bonchev–Trinajstić information content (AvgIpc) is 3.12. The van der Waals surface area contributed by atoms with E-state index in [1.807, 2.05) is 0 Å². The Kier molecular flexibility index (Phi) is 6.64. The molecule has 1 aliphatic heterocycles.